The fourth-order valence-electron chi connectivity index (χ4n) is 3.37. The zero-order chi connectivity index (χ0) is 24.6. The van der Waals surface area contributed by atoms with Gasteiger partial charge in [0, 0.05) is 26.6 Å². The number of methoxy groups -OCH3 is 1. The number of likely N-dealkylation sites (N-methyl/N-ethyl adjacent to an activating group) is 1. The highest BCUT2D eigenvalue weighted by Crippen LogP contribution is 2.20. The Morgan fingerprint density at radius 1 is 1.15 bits per heavy atom. The summed E-state index contributed by atoms with van der Waals surface area (Å²) in [6.45, 7) is 1.87. The van der Waals surface area contributed by atoms with Crippen LogP contribution < -0.4 is 14.4 Å². The van der Waals surface area contributed by atoms with Gasteiger partial charge in [0.25, 0.3) is 0 Å². The fraction of sp³-hybridized carbons (Fsp3) is 0.391. The van der Waals surface area contributed by atoms with Gasteiger partial charge in [-0.15, -0.1) is 0 Å². The van der Waals surface area contributed by atoms with Crippen LogP contribution in [0, 0.1) is 5.82 Å². The highest BCUT2D eigenvalue weighted by Gasteiger charge is 2.26. The average molecular weight is 480 g/mol. The maximum Gasteiger partial charge on any atom is 0.242 e. The zero-order valence-corrected chi connectivity index (χ0v) is 20.1. The number of nitrogens with one attached hydrogen (secondary N) is 1. The zero-order valence-electron chi connectivity index (χ0n) is 19.2. The van der Waals surface area contributed by atoms with Crippen LogP contribution in [0.5, 0.6) is 5.75 Å². The Balaban J connectivity index is 2.15. The molecule has 0 bridgehead atoms. The molecule has 2 aromatic carbocycles. The van der Waals surface area contributed by atoms with Crippen molar-refractivity contribution < 1.29 is 27.1 Å². The minimum Gasteiger partial charge on any atom is -0.497 e. The number of carbonyl (C=O) groups excluding carboxylic acids is 2. The summed E-state index contributed by atoms with van der Waals surface area (Å²) in [4.78, 5) is 26.8. The first-order valence-electron chi connectivity index (χ1n) is 10.4. The van der Waals surface area contributed by atoms with Crippen molar-refractivity contribution in [2.75, 3.05) is 31.3 Å². The van der Waals surface area contributed by atoms with Crippen molar-refractivity contribution in [1.82, 2.24) is 10.2 Å². The van der Waals surface area contributed by atoms with Gasteiger partial charge in [0.05, 0.1) is 19.1 Å². The third-order valence-electron chi connectivity index (χ3n) is 5.17. The van der Waals surface area contributed by atoms with Crippen LogP contribution in [-0.4, -0.2) is 58.1 Å². The number of anilines is 1. The first-order valence-corrected chi connectivity index (χ1v) is 12.3. The quantitative estimate of drug-likeness (QED) is 0.534. The number of hydrogen-bond acceptors (Lipinski definition) is 5. The average Bonchev–Trinajstić information content (AvgIpc) is 2.79. The number of halogens is 1. The summed E-state index contributed by atoms with van der Waals surface area (Å²) in [6.07, 6.45) is 1.30. The van der Waals surface area contributed by atoms with Gasteiger partial charge < -0.3 is 15.0 Å². The molecule has 0 aliphatic rings. The fourth-order valence-corrected chi connectivity index (χ4v) is 4.34. The number of amides is 2. The molecule has 0 saturated carbocycles. The van der Waals surface area contributed by atoms with Crippen molar-refractivity contribution in [3.05, 3.63) is 59.9 Å². The van der Waals surface area contributed by atoms with Crippen LogP contribution >= 0.6 is 0 Å². The number of carbonyl (C=O) groups is 2. The van der Waals surface area contributed by atoms with E-state index in [-0.39, 0.29) is 37.7 Å². The summed E-state index contributed by atoms with van der Waals surface area (Å²) in [7, 11) is -0.586. The molecule has 0 radical (unpaired) electrons. The molecule has 0 spiro atoms. The number of nitrogens with zero attached hydrogens (tertiary/aromatic N) is 2. The molecule has 10 heteroatoms. The van der Waals surface area contributed by atoms with E-state index in [1.165, 1.54) is 36.2 Å². The van der Waals surface area contributed by atoms with Crippen molar-refractivity contribution >= 4 is 27.5 Å². The second kappa shape index (κ2) is 11.6. The predicted octanol–water partition coefficient (Wildman–Crippen LogP) is 2.54. The van der Waals surface area contributed by atoms with Gasteiger partial charge >= 0.3 is 0 Å². The molecule has 1 N–H and O–H groups in total. The Labute approximate surface area is 194 Å². The standard InChI is InChI=1S/C23H30FN3O5S/c1-17(23(29)25-2)26(16-18-7-5-8-21(15-18)32-3)22(28)9-6-14-27(33(4,30)31)20-12-10-19(24)11-13-20/h5,7-8,10-13,15,17H,6,9,14,16H2,1-4H3,(H,25,29)/t17-/m1/s1. The van der Waals surface area contributed by atoms with Crippen LogP contribution in [0.2, 0.25) is 0 Å². The van der Waals surface area contributed by atoms with E-state index in [0.29, 0.717) is 11.4 Å². The Morgan fingerprint density at radius 3 is 2.39 bits per heavy atom. The second-order valence-electron chi connectivity index (χ2n) is 7.58. The normalized spacial score (nSPS) is 12.0. The third-order valence-corrected chi connectivity index (χ3v) is 6.36. The molecule has 0 saturated heterocycles. The highest BCUT2D eigenvalue weighted by atomic mass is 32.2. The molecule has 180 valence electrons. The molecule has 0 aliphatic heterocycles. The lowest BCUT2D eigenvalue weighted by Gasteiger charge is -2.29. The van der Waals surface area contributed by atoms with E-state index in [9.17, 15) is 22.4 Å². The van der Waals surface area contributed by atoms with Crippen molar-refractivity contribution in [1.29, 1.82) is 0 Å². The largest absolute Gasteiger partial charge is 0.497 e. The van der Waals surface area contributed by atoms with E-state index < -0.39 is 21.9 Å². The van der Waals surface area contributed by atoms with Gasteiger partial charge in [-0.2, -0.15) is 0 Å². The molecule has 8 nitrogen and oxygen atoms in total. The van der Waals surface area contributed by atoms with Crippen LogP contribution in [0.15, 0.2) is 48.5 Å². The van der Waals surface area contributed by atoms with Gasteiger partial charge in [0.15, 0.2) is 0 Å². The van der Waals surface area contributed by atoms with Crippen molar-refractivity contribution in [2.45, 2.75) is 32.4 Å². The van der Waals surface area contributed by atoms with E-state index >= 15 is 0 Å². The van der Waals surface area contributed by atoms with Crippen LogP contribution in [-0.2, 0) is 26.2 Å². The van der Waals surface area contributed by atoms with E-state index in [1.54, 1.807) is 32.2 Å². The van der Waals surface area contributed by atoms with Gasteiger partial charge in [0.2, 0.25) is 21.8 Å². The third kappa shape index (κ3) is 7.45. The van der Waals surface area contributed by atoms with Crippen LogP contribution in [0.4, 0.5) is 10.1 Å². The summed E-state index contributed by atoms with van der Waals surface area (Å²) in [5.41, 5.74) is 1.11. The number of hydrogen-bond donors (Lipinski definition) is 1. The summed E-state index contributed by atoms with van der Waals surface area (Å²) in [6, 6.07) is 11.6. The molecular formula is C23H30FN3O5S. The highest BCUT2D eigenvalue weighted by molar-refractivity contribution is 7.92. The van der Waals surface area contributed by atoms with Gasteiger partial charge in [0.1, 0.15) is 17.6 Å². The summed E-state index contributed by atoms with van der Waals surface area (Å²) in [5.74, 6) is -0.439. The molecule has 2 amide bonds. The molecule has 33 heavy (non-hydrogen) atoms. The van der Waals surface area contributed by atoms with Gasteiger partial charge in [-0.25, -0.2) is 12.8 Å². The van der Waals surface area contributed by atoms with E-state index in [4.69, 9.17) is 4.74 Å². The predicted molar refractivity (Wildman–Crippen MR) is 125 cm³/mol. The lowest BCUT2D eigenvalue weighted by Crippen LogP contribution is -2.46. The number of ether oxygens (including phenoxy) is 1. The molecule has 0 aliphatic carbocycles. The molecule has 0 heterocycles. The van der Waals surface area contributed by atoms with E-state index in [1.807, 2.05) is 6.07 Å². The monoisotopic (exact) mass is 479 g/mol. The Morgan fingerprint density at radius 2 is 1.82 bits per heavy atom. The van der Waals surface area contributed by atoms with Crippen molar-refractivity contribution in [3.8, 4) is 5.75 Å². The van der Waals surface area contributed by atoms with Crippen LogP contribution in [0.3, 0.4) is 0 Å². The lowest BCUT2D eigenvalue weighted by atomic mass is 10.1. The molecule has 2 aromatic rings. The summed E-state index contributed by atoms with van der Waals surface area (Å²) < 4.78 is 44.1. The maximum absolute atomic E-state index is 13.2. The molecule has 0 unspecified atom stereocenters. The minimum atomic E-state index is -3.63. The smallest absolute Gasteiger partial charge is 0.242 e. The maximum atomic E-state index is 13.2. The number of benzene rings is 2. The topological polar surface area (TPSA) is 96.0 Å². The molecule has 2 rings (SSSR count). The molecule has 0 aromatic heterocycles. The second-order valence-corrected chi connectivity index (χ2v) is 9.49. The number of rotatable bonds is 11. The Hall–Kier alpha value is -3.14. The Bertz CT molecular complexity index is 1060. The SMILES string of the molecule is CNC(=O)[C@@H](C)N(Cc1cccc(OC)c1)C(=O)CCCN(c1ccc(F)cc1)S(C)(=O)=O. The summed E-state index contributed by atoms with van der Waals surface area (Å²) >= 11 is 0. The van der Waals surface area contributed by atoms with Gasteiger partial charge in [-0.3, -0.25) is 13.9 Å². The van der Waals surface area contributed by atoms with Crippen molar-refractivity contribution in [3.63, 3.8) is 0 Å². The summed E-state index contributed by atoms with van der Waals surface area (Å²) in [5, 5.41) is 2.55. The van der Waals surface area contributed by atoms with Gasteiger partial charge in [-0.1, -0.05) is 12.1 Å². The van der Waals surface area contributed by atoms with Gasteiger partial charge in [-0.05, 0) is 55.3 Å². The van der Waals surface area contributed by atoms with Crippen LogP contribution in [0.1, 0.15) is 25.3 Å². The van der Waals surface area contributed by atoms with E-state index in [0.717, 1.165) is 16.1 Å². The van der Waals surface area contributed by atoms with Crippen LogP contribution in [0.25, 0.3) is 0 Å². The Kier molecular flexibility index (Phi) is 9.22. The first-order chi connectivity index (χ1) is 15.6. The lowest BCUT2D eigenvalue weighted by molar-refractivity contribution is -0.140. The molecule has 1 atom stereocenters. The van der Waals surface area contributed by atoms with E-state index in [2.05, 4.69) is 5.32 Å². The number of sulfonamides is 1. The molecule has 0 fully saturated rings. The molecular weight excluding hydrogens is 449 g/mol. The first kappa shape index (κ1) is 26.1. The minimum absolute atomic E-state index is 0.0263. The van der Waals surface area contributed by atoms with Crippen molar-refractivity contribution in [2.24, 2.45) is 0 Å².